The van der Waals surface area contributed by atoms with E-state index in [0.717, 1.165) is 11.1 Å². The fraction of sp³-hybridized carbons (Fsp3) is 0.188. The van der Waals surface area contributed by atoms with E-state index in [2.05, 4.69) is 5.32 Å². The van der Waals surface area contributed by atoms with E-state index >= 15 is 0 Å². The zero-order valence-electron chi connectivity index (χ0n) is 11.5. The molecule has 0 spiro atoms. The molecule has 2 aromatic carbocycles. The van der Waals surface area contributed by atoms with Crippen molar-refractivity contribution in [3.63, 3.8) is 0 Å². The SMILES string of the molecule is COCc1cccc(CNC(=O)c2cc(Cl)ccc2F)c1. The lowest BCUT2D eigenvalue weighted by Crippen LogP contribution is -2.23. The monoisotopic (exact) mass is 307 g/mol. The third-order valence-electron chi connectivity index (χ3n) is 2.93. The van der Waals surface area contributed by atoms with Crippen LogP contribution in [0.15, 0.2) is 42.5 Å². The van der Waals surface area contributed by atoms with Gasteiger partial charge in [0.05, 0.1) is 12.2 Å². The molecule has 3 nitrogen and oxygen atoms in total. The van der Waals surface area contributed by atoms with Gasteiger partial charge in [-0.2, -0.15) is 0 Å². The van der Waals surface area contributed by atoms with Gasteiger partial charge in [0.1, 0.15) is 5.82 Å². The van der Waals surface area contributed by atoms with Gasteiger partial charge in [0.25, 0.3) is 5.91 Å². The first-order chi connectivity index (χ1) is 10.1. The minimum Gasteiger partial charge on any atom is -0.380 e. The maximum absolute atomic E-state index is 13.6. The highest BCUT2D eigenvalue weighted by molar-refractivity contribution is 6.30. The summed E-state index contributed by atoms with van der Waals surface area (Å²) < 4.78 is 18.6. The van der Waals surface area contributed by atoms with Crippen LogP contribution in [-0.2, 0) is 17.9 Å². The Morgan fingerprint density at radius 3 is 2.76 bits per heavy atom. The summed E-state index contributed by atoms with van der Waals surface area (Å²) in [7, 11) is 1.62. The first kappa shape index (κ1) is 15.5. The molecule has 0 unspecified atom stereocenters. The molecule has 110 valence electrons. The van der Waals surface area contributed by atoms with Gasteiger partial charge in [-0.1, -0.05) is 35.9 Å². The van der Waals surface area contributed by atoms with Crippen LogP contribution in [0.2, 0.25) is 5.02 Å². The van der Waals surface area contributed by atoms with E-state index in [1.807, 2.05) is 24.3 Å². The summed E-state index contributed by atoms with van der Waals surface area (Å²) in [4.78, 5) is 12.0. The third kappa shape index (κ3) is 4.28. The van der Waals surface area contributed by atoms with Gasteiger partial charge in [-0.05, 0) is 29.3 Å². The van der Waals surface area contributed by atoms with E-state index in [1.54, 1.807) is 7.11 Å². The van der Waals surface area contributed by atoms with Crippen molar-refractivity contribution in [2.24, 2.45) is 0 Å². The Morgan fingerprint density at radius 1 is 1.24 bits per heavy atom. The topological polar surface area (TPSA) is 38.3 Å². The van der Waals surface area contributed by atoms with Crippen molar-refractivity contribution in [2.45, 2.75) is 13.2 Å². The lowest BCUT2D eigenvalue weighted by atomic mass is 10.1. The van der Waals surface area contributed by atoms with E-state index in [-0.39, 0.29) is 5.56 Å². The van der Waals surface area contributed by atoms with Crippen LogP contribution in [0.4, 0.5) is 4.39 Å². The highest BCUT2D eigenvalue weighted by atomic mass is 35.5. The number of hydrogen-bond donors (Lipinski definition) is 1. The largest absolute Gasteiger partial charge is 0.380 e. The lowest BCUT2D eigenvalue weighted by molar-refractivity contribution is 0.0947. The Labute approximate surface area is 127 Å². The van der Waals surface area contributed by atoms with E-state index in [9.17, 15) is 9.18 Å². The van der Waals surface area contributed by atoms with Gasteiger partial charge in [0, 0.05) is 18.7 Å². The molecular formula is C16H15ClFNO2. The number of halogens is 2. The van der Waals surface area contributed by atoms with E-state index in [1.165, 1.54) is 18.2 Å². The van der Waals surface area contributed by atoms with Gasteiger partial charge >= 0.3 is 0 Å². The van der Waals surface area contributed by atoms with Crippen LogP contribution in [0, 0.1) is 5.82 Å². The van der Waals surface area contributed by atoms with Crippen LogP contribution in [0.3, 0.4) is 0 Å². The van der Waals surface area contributed by atoms with Crippen LogP contribution < -0.4 is 5.32 Å². The van der Waals surface area contributed by atoms with Crippen LogP contribution in [0.5, 0.6) is 0 Å². The van der Waals surface area contributed by atoms with Crippen LogP contribution in [0.25, 0.3) is 0 Å². The minimum atomic E-state index is -0.593. The van der Waals surface area contributed by atoms with Crippen LogP contribution in [-0.4, -0.2) is 13.0 Å². The Hall–Kier alpha value is -1.91. The molecule has 0 aliphatic carbocycles. The number of nitrogens with one attached hydrogen (secondary N) is 1. The lowest BCUT2D eigenvalue weighted by Gasteiger charge is -2.08. The van der Waals surface area contributed by atoms with E-state index < -0.39 is 11.7 Å². The first-order valence-corrected chi connectivity index (χ1v) is 6.78. The average Bonchev–Trinajstić information content (AvgIpc) is 2.48. The average molecular weight is 308 g/mol. The second-order valence-electron chi connectivity index (χ2n) is 4.56. The molecule has 0 heterocycles. The Balaban J connectivity index is 2.04. The van der Waals surface area contributed by atoms with E-state index in [0.29, 0.717) is 18.2 Å². The Bertz CT molecular complexity index is 646. The molecule has 5 heteroatoms. The van der Waals surface area contributed by atoms with Gasteiger partial charge in [-0.25, -0.2) is 4.39 Å². The first-order valence-electron chi connectivity index (χ1n) is 6.40. The number of carbonyl (C=O) groups excluding carboxylic acids is 1. The van der Waals surface area contributed by atoms with Crippen molar-refractivity contribution in [1.29, 1.82) is 0 Å². The van der Waals surface area contributed by atoms with Crippen molar-refractivity contribution in [1.82, 2.24) is 5.32 Å². The zero-order valence-corrected chi connectivity index (χ0v) is 12.3. The highest BCUT2D eigenvalue weighted by Gasteiger charge is 2.11. The number of amides is 1. The third-order valence-corrected chi connectivity index (χ3v) is 3.16. The zero-order chi connectivity index (χ0) is 15.2. The van der Waals surface area contributed by atoms with Crippen molar-refractivity contribution in [2.75, 3.05) is 7.11 Å². The molecule has 0 radical (unpaired) electrons. The van der Waals surface area contributed by atoms with E-state index in [4.69, 9.17) is 16.3 Å². The molecule has 2 rings (SSSR count). The van der Waals surface area contributed by atoms with Crippen LogP contribution >= 0.6 is 11.6 Å². The molecule has 0 atom stereocenters. The molecule has 1 N–H and O–H groups in total. The molecule has 0 bridgehead atoms. The summed E-state index contributed by atoms with van der Waals surface area (Å²) in [5, 5.41) is 3.00. The predicted molar refractivity (Wildman–Crippen MR) is 79.7 cm³/mol. The van der Waals surface area contributed by atoms with Gasteiger partial charge in [0.2, 0.25) is 0 Å². The molecular weight excluding hydrogens is 293 g/mol. The molecule has 0 aliphatic heterocycles. The second kappa shape index (κ2) is 7.20. The number of hydrogen-bond acceptors (Lipinski definition) is 2. The molecule has 0 aliphatic rings. The number of benzene rings is 2. The van der Waals surface area contributed by atoms with Gasteiger partial charge in [-0.15, -0.1) is 0 Å². The molecule has 0 aromatic heterocycles. The summed E-state index contributed by atoms with van der Waals surface area (Å²) in [5.41, 5.74) is 1.87. The van der Waals surface area contributed by atoms with Gasteiger partial charge in [-0.3, -0.25) is 4.79 Å². The molecule has 0 fully saturated rings. The maximum Gasteiger partial charge on any atom is 0.254 e. The van der Waals surface area contributed by atoms with Crippen molar-refractivity contribution in [3.05, 3.63) is 70.0 Å². The maximum atomic E-state index is 13.6. The summed E-state index contributed by atoms with van der Waals surface area (Å²) in [6.07, 6.45) is 0. The summed E-state index contributed by atoms with van der Waals surface area (Å²) >= 11 is 5.77. The molecule has 2 aromatic rings. The molecule has 1 amide bonds. The smallest absolute Gasteiger partial charge is 0.254 e. The Kier molecular flexibility index (Phi) is 5.31. The standard InChI is InChI=1S/C16H15ClFNO2/c1-21-10-12-4-2-3-11(7-12)9-19-16(20)14-8-13(17)5-6-15(14)18/h2-8H,9-10H2,1H3,(H,19,20). The Morgan fingerprint density at radius 2 is 2.00 bits per heavy atom. The van der Waals surface area contributed by atoms with Crippen LogP contribution in [0.1, 0.15) is 21.5 Å². The molecule has 0 saturated heterocycles. The summed E-state index contributed by atoms with van der Waals surface area (Å²) in [6, 6.07) is 11.5. The summed E-state index contributed by atoms with van der Waals surface area (Å²) in [5.74, 6) is -1.09. The quantitative estimate of drug-likeness (QED) is 0.917. The molecule has 0 saturated carbocycles. The fourth-order valence-corrected chi connectivity index (χ4v) is 2.12. The van der Waals surface area contributed by atoms with Crippen molar-refractivity contribution >= 4 is 17.5 Å². The molecule has 21 heavy (non-hydrogen) atoms. The number of methoxy groups -OCH3 is 1. The van der Waals surface area contributed by atoms with Gasteiger partial charge in [0.15, 0.2) is 0 Å². The van der Waals surface area contributed by atoms with Gasteiger partial charge < -0.3 is 10.1 Å². The predicted octanol–water partition coefficient (Wildman–Crippen LogP) is 3.56. The fourth-order valence-electron chi connectivity index (χ4n) is 1.95. The summed E-state index contributed by atoms with van der Waals surface area (Å²) in [6.45, 7) is 0.813. The normalized spacial score (nSPS) is 10.4. The minimum absolute atomic E-state index is 0.0597. The van der Waals surface area contributed by atoms with Crippen molar-refractivity contribution in [3.8, 4) is 0 Å². The highest BCUT2D eigenvalue weighted by Crippen LogP contribution is 2.15. The number of ether oxygens (including phenoxy) is 1. The second-order valence-corrected chi connectivity index (χ2v) is 5.00. The van der Waals surface area contributed by atoms with Crippen molar-refractivity contribution < 1.29 is 13.9 Å². The number of carbonyl (C=O) groups is 1. The number of rotatable bonds is 5.